The van der Waals surface area contributed by atoms with Crippen LogP contribution in [0.5, 0.6) is 0 Å². The van der Waals surface area contributed by atoms with Gasteiger partial charge in [0.05, 0.1) is 0 Å². The molecular formula is C33H36N6OS. The van der Waals surface area contributed by atoms with Crippen LogP contribution >= 0.6 is 12.2 Å². The second-order valence-corrected chi connectivity index (χ2v) is 10.9. The van der Waals surface area contributed by atoms with Gasteiger partial charge in [-0.1, -0.05) is 78.9 Å². The van der Waals surface area contributed by atoms with Gasteiger partial charge >= 0.3 is 0 Å². The van der Waals surface area contributed by atoms with Crippen molar-refractivity contribution in [3.63, 3.8) is 0 Å². The number of thiocarbonyl (C=S) groups is 1. The molecule has 0 radical (unpaired) electrons. The Morgan fingerprint density at radius 3 is 1.93 bits per heavy atom. The van der Waals surface area contributed by atoms with Crippen molar-refractivity contribution in [3.05, 3.63) is 119 Å². The molecule has 41 heavy (non-hydrogen) atoms. The van der Waals surface area contributed by atoms with Gasteiger partial charge in [-0.3, -0.25) is 5.32 Å². The van der Waals surface area contributed by atoms with Gasteiger partial charge in [0, 0.05) is 30.2 Å². The van der Waals surface area contributed by atoms with Crippen LogP contribution in [0.15, 0.2) is 96.0 Å². The number of aromatic nitrogens is 2. The van der Waals surface area contributed by atoms with Crippen molar-refractivity contribution in [1.82, 2.24) is 14.9 Å². The van der Waals surface area contributed by atoms with Crippen molar-refractivity contribution in [2.45, 2.75) is 39.2 Å². The van der Waals surface area contributed by atoms with Crippen molar-refractivity contribution < 1.29 is 5.11 Å². The van der Waals surface area contributed by atoms with E-state index in [1.165, 1.54) is 0 Å². The Hall–Kier alpha value is -4.14. The molecule has 0 aliphatic carbocycles. The SMILES string of the molecule is Cc1cc(C)nc(N/C(=N/C(=S)Nc2ccccc2C)N2CCC(C(O)(c3ccccc3)c3ccccc3)CC2)n1. The van der Waals surface area contributed by atoms with Gasteiger partial charge in [-0.15, -0.1) is 0 Å². The zero-order chi connectivity index (χ0) is 28.8. The minimum absolute atomic E-state index is 0.0132. The number of para-hydroxylation sites is 1. The number of nitrogens with one attached hydrogen (secondary N) is 2. The van der Waals surface area contributed by atoms with Crippen LogP contribution in [0.4, 0.5) is 11.6 Å². The summed E-state index contributed by atoms with van der Waals surface area (Å²) in [6.07, 6.45) is 1.51. The number of aryl methyl sites for hydroxylation is 3. The number of benzene rings is 3. The van der Waals surface area contributed by atoms with Crippen molar-refractivity contribution in [3.8, 4) is 0 Å². The summed E-state index contributed by atoms with van der Waals surface area (Å²) >= 11 is 5.67. The maximum atomic E-state index is 12.3. The minimum atomic E-state index is -1.10. The van der Waals surface area contributed by atoms with Crippen molar-refractivity contribution in [1.29, 1.82) is 0 Å². The number of hydrogen-bond acceptors (Lipinski definition) is 4. The Morgan fingerprint density at radius 2 is 1.37 bits per heavy atom. The molecule has 0 unspecified atom stereocenters. The normalized spacial score (nSPS) is 14.5. The lowest BCUT2D eigenvalue weighted by Crippen LogP contribution is -2.48. The van der Waals surface area contributed by atoms with E-state index in [-0.39, 0.29) is 5.92 Å². The van der Waals surface area contributed by atoms with E-state index in [0.29, 0.717) is 30.1 Å². The van der Waals surface area contributed by atoms with Crippen LogP contribution in [0.2, 0.25) is 0 Å². The number of piperidine rings is 1. The van der Waals surface area contributed by atoms with Crippen molar-refractivity contribution >= 4 is 34.9 Å². The molecule has 3 N–H and O–H groups in total. The summed E-state index contributed by atoms with van der Waals surface area (Å²) in [5, 5.41) is 19.3. The lowest BCUT2D eigenvalue weighted by atomic mass is 9.72. The van der Waals surface area contributed by atoms with Gasteiger partial charge in [0.15, 0.2) is 0 Å². The summed E-state index contributed by atoms with van der Waals surface area (Å²) in [6, 6.07) is 29.9. The first-order valence-electron chi connectivity index (χ1n) is 14.0. The zero-order valence-electron chi connectivity index (χ0n) is 23.7. The molecule has 1 fully saturated rings. The van der Waals surface area contributed by atoms with Crippen molar-refractivity contribution in [2.24, 2.45) is 10.9 Å². The molecule has 0 atom stereocenters. The van der Waals surface area contributed by atoms with Crippen LogP contribution in [0.1, 0.15) is 40.9 Å². The number of nitrogens with zero attached hydrogens (tertiary/aromatic N) is 4. The van der Waals surface area contributed by atoms with E-state index >= 15 is 0 Å². The molecule has 1 aliphatic heterocycles. The minimum Gasteiger partial charge on any atom is -0.380 e. The molecule has 0 spiro atoms. The van der Waals surface area contributed by atoms with E-state index in [4.69, 9.17) is 17.2 Å². The molecule has 2 heterocycles. The van der Waals surface area contributed by atoms with E-state index in [2.05, 4.69) is 25.5 Å². The number of hydrogen-bond donors (Lipinski definition) is 3. The van der Waals surface area contributed by atoms with E-state index in [1.807, 2.05) is 112 Å². The van der Waals surface area contributed by atoms with Crippen molar-refractivity contribution in [2.75, 3.05) is 23.7 Å². The summed E-state index contributed by atoms with van der Waals surface area (Å²) in [5.74, 6) is 1.08. The number of likely N-dealkylation sites (tertiary alicyclic amines) is 1. The average Bonchev–Trinajstić information content (AvgIpc) is 2.98. The van der Waals surface area contributed by atoms with Gasteiger partial charge in [0.25, 0.3) is 0 Å². The molecule has 0 saturated carbocycles. The lowest BCUT2D eigenvalue weighted by molar-refractivity contribution is -0.00653. The number of rotatable bonds is 5. The standard InChI is InChI=1S/C33H36N6OS/c1-23-12-10-11-17-29(23)36-32(41)38-31(37-30-34-24(2)22-25(3)35-30)39-20-18-28(19-21-39)33(40,26-13-6-4-7-14-26)27-15-8-5-9-16-27/h4-17,22,28,40H,18-21H2,1-3H3,(H2,34,35,36,37,38,41). The van der Waals surface area contributed by atoms with Gasteiger partial charge in [0.2, 0.25) is 17.0 Å². The second kappa shape index (κ2) is 12.6. The van der Waals surface area contributed by atoms with Crippen LogP contribution < -0.4 is 10.6 Å². The molecule has 7 nitrogen and oxygen atoms in total. The summed E-state index contributed by atoms with van der Waals surface area (Å²) in [7, 11) is 0. The molecule has 0 bridgehead atoms. The maximum Gasteiger partial charge on any atom is 0.229 e. The van der Waals surface area contributed by atoms with Gasteiger partial charge in [-0.05, 0) is 80.6 Å². The number of aliphatic imine (C=N–C) groups is 1. The Bertz CT molecular complexity index is 1460. The van der Waals surface area contributed by atoms with Gasteiger partial charge in [-0.25, -0.2) is 9.97 Å². The van der Waals surface area contributed by atoms with Crippen LogP contribution in [0, 0.1) is 26.7 Å². The molecule has 3 aromatic carbocycles. The third-order valence-electron chi connectivity index (χ3n) is 7.61. The fourth-order valence-corrected chi connectivity index (χ4v) is 5.74. The third-order valence-corrected chi connectivity index (χ3v) is 7.81. The summed E-state index contributed by atoms with van der Waals surface area (Å²) in [5.41, 5.74) is 4.45. The Morgan fingerprint density at radius 1 is 0.829 bits per heavy atom. The molecule has 210 valence electrons. The van der Waals surface area contributed by atoms with Gasteiger partial charge < -0.3 is 15.3 Å². The first kappa shape index (κ1) is 28.4. The Kier molecular flexibility index (Phi) is 8.71. The highest BCUT2D eigenvalue weighted by molar-refractivity contribution is 7.80. The topological polar surface area (TPSA) is 85.7 Å². The summed E-state index contributed by atoms with van der Waals surface area (Å²) < 4.78 is 0. The van der Waals surface area contributed by atoms with E-state index in [9.17, 15) is 5.11 Å². The average molecular weight is 565 g/mol. The zero-order valence-corrected chi connectivity index (χ0v) is 24.5. The first-order valence-corrected chi connectivity index (χ1v) is 14.4. The molecule has 0 amide bonds. The van der Waals surface area contributed by atoms with Gasteiger partial charge in [0.1, 0.15) is 5.60 Å². The monoisotopic (exact) mass is 564 g/mol. The van der Waals surface area contributed by atoms with Crippen LogP contribution in [-0.2, 0) is 5.60 Å². The molecule has 1 aliphatic rings. The van der Waals surface area contributed by atoms with Crippen LogP contribution in [0.25, 0.3) is 0 Å². The predicted octanol–water partition coefficient (Wildman–Crippen LogP) is 6.21. The lowest BCUT2D eigenvalue weighted by Gasteiger charge is -2.43. The Labute approximate surface area is 247 Å². The summed E-state index contributed by atoms with van der Waals surface area (Å²) in [4.78, 5) is 16.1. The fraction of sp³-hybridized carbons (Fsp3) is 0.273. The predicted molar refractivity (Wildman–Crippen MR) is 170 cm³/mol. The van der Waals surface area contributed by atoms with E-state index < -0.39 is 5.60 Å². The van der Waals surface area contributed by atoms with E-state index in [0.717, 1.165) is 46.6 Å². The highest BCUT2D eigenvalue weighted by Gasteiger charge is 2.42. The number of guanidine groups is 1. The number of anilines is 2. The van der Waals surface area contributed by atoms with E-state index in [1.54, 1.807) is 0 Å². The molecule has 5 rings (SSSR count). The van der Waals surface area contributed by atoms with Crippen LogP contribution in [-0.4, -0.2) is 44.1 Å². The largest absolute Gasteiger partial charge is 0.380 e. The summed E-state index contributed by atoms with van der Waals surface area (Å²) in [6.45, 7) is 7.27. The first-order chi connectivity index (χ1) is 19.8. The molecule has 4 aromatic rings. The third kappa shape index (κ3) is 6.61. The molecule has 1 saturated heterocycles. The maximum absolute atomic E-state index is 12.3. The highest BCUT2D eigenvalue weighted by Crippen LogP contribution is 2.42. The van der Waals surface area contributed by atoms with Gasteiger partial charge in [-0.2, -0.15) is 4.99 Å². The molecule has 8 heteroatoms. The smallest absolute Gasteiger partial charge is 0.229 e. The number of aliphatic hydroxyl groups is 1. The quantitative estimate of drug-likeness (QED) is 0.151. The highest BCUT2D eigenvalue weighted by atomic mass is 32.1. The fourth-order valence-electron chi connectivity index (χ4n) is 5.54. The van der Waals surface area contributed by atoms with Crippen LogP contribution in [0.3, 0.4) is 0 Å². The second-order valence-electron chi connectivity index (χ2n) is 10.5. The Balaban J connectivity index is 1.41. The molecule has 1 aromatic heterocycles. The molecular weight excluding hydrogens is 528 g/mol.